The molecule has 1 amide bonds. The number of aliphatic hydroxyl groups is 1. The number of hydrogen-bond donors (Lipinski definition) is 3. The van der Waals surface area contributed by atoms with Crippen LogP contribution in [0.3, 0.4) is 0 Å². The van der Waals surface area contributed by atoms with Gasteiger partial charge < -0.3 is 38.5 Å². The number of phosphoric acid groups is 1. The van der Waals surface area contributed by atoms with Crippen molar-refractivity contribution in [2.24, 2.45) is 0 Å². The lowest BCUT2D eigenvalue weighted by molar-refractivity contribution is -0.0954. The van der Waals surface area contributed by atoms with Crippen molar-refractivity contribution in [3.8, 4) is 17.6 Å². The minimum absolute atomic E-state index is 0.0918. The Kier molecular flexibility index (Phi) is 17.7. The summed E-state index contributed by atoms with van der Waals surface area (Å²) >= 11 is 0. The van der Waals surface area contributed by atoms with Crippen LogP contribution in [0.25, 0.3) is 11.2 Å². The van der Waals surface area contributed by atoms with E-state index in [1.165, 1.54) is 25.8 Å². The number of phosphoric ester groups is 1. The number of rotatable bonds is 22. The number of imidazole rings is 1. The van der Waals surface area contributed by atoms with Gasteiger partial charge in [-0.2, -0.15) is 5.26 Å². The summed E-state index contributed by atoms with van der Waals surface area (Å²) in [5.74, 6) is 0.902. The lowest BCUT2D eigenvalue weighted by Crippen LogP contribution is -2.49. The van der Waals surface area contributed by atoms with Gasteiger partial charge in [-0.1, -0.05) is 93.6 Å². The molecule has 3 aromatic heterocycles. The Labute approximate surface area is 468 Å². The van der Waals surface area contributed by atoms with E-state index in [2.05, 4.69) is 41.0 Å². The van der Waals surface area contributed by atoms with Crippen LogP contribution in [0.1, 0.15) is 78.7 Å². The fourth-order valence-corrected chi connectivity index (χ4v) is 12.1. The largest absolute Gasteiger partial charge is 0.497 e. The topological polar surface area (TPSA) is 272 Å². The first kappa shape index (κ1) is 58.5. The number of nitrogens with one attached hydrogen (secondary N) is 2. The molecule has 4 aromatic carbocycles. The Morgan fingerprint density at radius 3 is 2.09 bits per heavy atom. The number of anilines is 1. The maximum absolute atomic E-state index is 15.7. The lowest BCUT2D eigenvalue weighted by Gasteiger charge is -2.41. The van der Waals surface area contributed by atoms with Crippen LogP contribution in [-0.4, -0.2) is 113 Å². The number of aryl methyl sites for hydroxylation is 1. The summed E-state index contributed by atoms with van der Waals surface area (Å²) in [5.41, 5.74) is 0.486. The maximum atomic E-state index is 15.7. The number of ether oxygens (including phenoxy) is 5. The molecule has 8 atom stereocenters. The molecular weight excluding hydrogens is 1080 g/mol. The SMILES string of the molecule is COc1ccc(C(OC[C@H]2O[C@@H](n3cnc4c(NC(=O)c5ccccc5)ncnc43)[C@H](O[Si](C)(C)C(C)(C)C)[C@@H]2OP(=O)(OCCC#N)OC[C@H]2O[C@@H](n3cc(C)c(=O)[nH]c3=O)C[C@@H]2O)(c2ccccc2)c2ccc(OC)cc2)cc1. The van der Waals surface area contributed by atoms with Crippen LogP contribution < -0.4 is 26.0 Å². The number of carbonyl (C=O) groups excluding carboxylic acids is 1. The predicted molar refractivity (Wildman–Crippen MR) is 299 cm³/mol. The van der Waals surface area contributed by atoms with E-state index in [0.717, 1.165) is 10.1 Å². The molecule has 0 radical (unpaired) electrons. The molecule has 22 nitrogen and oxygen atoms in total. The highest BCUT2D eigenvalue weighted by Gasteiger charge is 2.56. The smallest absolute Gasteiger partial charge is 0.475 e. The van der Waals surface area contributed by atoms with Crippen LogP contribution >= 0.6 is 7.82 Å². The molecule has 2 saturated heterocycles. The van der Waals surface area contributed by atoms with E-state index >= 15 is 4.57 Å². The highest BCUT2D eigenvalue weighted by Crippen LogP contribution is 2.56. The molecule has 9 rings (SSSR count). The summed E-state index contributed by atoms with van der Waals surface area (Å²) in [6, 6.07) is 35.2. The fraction of sp³-hybridized carbons (Fsp3) is 0.386. The second-order valence-corrected chi connectivity index (χ2v) is 27.4. The van der Waals surface area contributed by atoms with Gasteiger partial charge in [0.15, 0.2) is 31.5 Å². The zero-order chi connectivity index (χ0) is 57.7. The second kappa shape index (κ2) is 24.5. The van der Waals surface area contributed by atoms with Crippen LogP contribution in [0.4, 0.5) is 5.82 Å². The summed E-state index contributed by atoms with van der Waals surface area (Å²) in [5, 5.41) is 23.5. The lowest BCUT2D eigenvalue weighted by atomic mass is 9.80. The Hall–Kier alpha value is -7.20. The number of nitrogens with zero attached hydrogens (tertiary/aromatic N) is 6. The van der Waals surface area contributed by atoms with E-state index in [1.807, 2.05) is 98.0 Å². The van der Waals surface area contributed by atoms with E-state index in [9.17, 15) is 24.8 Å². The molecule has 0 saturated carbocycles. The molecule has 3 N–H and O–H groups in total. The number of carbonyl (C=O) groups is 1. The maximum Gasteiger partial charge on any atom is 0.475 e. The van der Waals surface area contributed by atoms with Gasteiger partial charge in [0.2, 0.25) is 0 Å². The molecule has 2 aliphatic heterocycles. The molecule has 426 valence electrons. The average molecular weight is 1150 g/mol. The van der Waals surface area contributed by atoms with Gasteiger partial charge in [0.25, 0.3) is 11.5 Å². The summed E-state index contributed by atoms with van der Waals surface area (Å²) in [6.45, 7) is 10.5. The second-order valence-electron chi connectivity index (χ2n) is 21.1. The van der Waals surface area contributed by atoms with Crippen molar-refractivity contribution in [3.05, 3.63) is 177 Å². The molecule has 0 spiro atoms. The molecule has 24 heteroatoms. The van der Waals surface area contributed by atoms with E-state index < -0.39 is 100 Å². The van der Waals surface area contributed by atoms with Crippen LogP contribution in [0.2, 0.25) is 18.1 Å². The monoisotopic (exact) mass is 1140 g/mol. The molecule has 2 aliphatic rings. The van der Waals surface area contributed by atoms with E-state index in [0.29, 0.717) is 28.2 Å². The molecular formula is C57H65N8O14PSi. The number of hydrogen-bond acceptors (Lipinski definition) is 18. The van der Waals surface area contributed by atoms with E-state index in [1.54, 1.807) is 49.1 Å². The van der Waals surface area contributed by atoms with Gasteiger partial charge in [0.1, 0.15) is 54.1 Å². The number of aromatic amines is 1. The minimum Gasteiger partial charge on any atom is -0.497 e. The summed E-state index contributed by atoms with van der Waals surface area (Å²) in [4.78, 5) is 54.7. The number of methoxy groups -OCH3 is 2. The molecule has 2 fully saturated rings. The van der Waals surface area contributed by atoms with Crippen molar-refractivity contribution in [1.29, 1.82) is 5.26 Å². The molecule has 7 aromatic rings. The third-order valence-electron chi connectivity index (χ3n) is 14.8. The van der Waals surface area contributed by atoms with Crippen molar-refractivity contribution in [3.63, 3.8) is 0 Å². The Morgan fingerprint density at radius 2 is 1.47 bits per heavy atom. The van der Waals surface area contributed by atoms with Gasteiger partial charge in [-0.25, -0.2) is 24.3 Å². The molecule has 5 heterocycles. The zero-order valence-corrected chi connectivity index (χ0v) is 48.0. The van der Waals surface area contributed by atoms with Gasteiger partial charge in [-0.15, -0.1) is 0 Å². The third kappa shape index (κ3) is 12.5. The zero-order valence-electron chi connectivity index (χ0n) is 46.1. The molecule has 81 heavy (non-hydrogen) atoms. The van der Waals surface area contributed by atoms with Crippen LogP contribution in [0, 0.1) is 18.3 Å². The summed E-state index contributed by atoms with van der Waals surface area (Å²) in [7, 11) is -4.70. The number of nitriles is 1. The van der Waals surface area contributed by atoms with Gasteiger partial charge in [0, 0.05) is 23.7 Å². The average Bonchev–Trinajstić information content (AvgIpc) is 4.35. The molecule has 0 aliphatic carbocycles. The number of aromatic nitrogens is 6. The first-order chi connectivity index (χ1) is 38.8. The van der Waals surface area contributed by atoms with Crippen molar-refractivity contribution < 1.29 is 56.1 Å². The first-order valence-corrected chi connectivity index (χ1v) is 30.6. The van der Waals surface area contributed by atoms with Crippen molar-refractivity contribution in [1.82, 2.24) is 29.1 Å². The highest BCUT2D eigenvalue weighted by atomic mass is 31.2. The van der Waals surface area contributed by atoms with Crippen molar-refractivity contribution in [2.75, 3.05) is 39.4 Å². The van der Waals surface area contributed by atoms with Crippen molar-refractivity contribution >= 4 is 39.0 Å². The van der Waals surface area contributed by atoms with Crippen LogP contribution in [0.15, 0.2) is 138 Å². The number of amides is 1. The number of H-pyrrole nitrogens is 1. The van der Waals surface area contributed by atoms with E-state index in [4.69, 9.17) is 46.7 Å². The molecule has 0 bridgehead atoms. The Morgan fingerprint density at radius 1 is 0.840 bits per heavy atom. The number of benzene rings is 4. The van der Waals surface area contributed by atoms with Crippen LogP contribution in [-0.2, 0) is 42.4 Å². The van der Waals surface area contributed by atoms with Gasteiger partial charge in [-0.05, 0) is 78.1 Å². The van der Waals surface area contributed by atoms with Gasteiger partial charge >= 0.3 is 13.5 Å². The first-order valence-electron chi connectivity index (χ1n) is 26.2. The third-order valence-corrected chi connectivity index (χ3v) is 20.8. The quantitative estimate of drug-likeness (QED) is 0.0249. The normalized spacial score (nSPS) is 21.1. The fourth-order valence-electron chi connectivity index (χ4n) is 9.47. The summed E-state index contributed by atoms with van der Waals surface area (Å²) in [6.07, 6.45) is -4.68. The Balaban J connectivity index is 1.16. The highest BCUT2D eigenvalue weighted by molar-refractivity contribution is 7.48. The van der Waals surface area contributed by atoms with Gasteiger partial charge in [-0.3, -0.25) is 37.3 Å². The number of fused-ring (bicyclic) bond motifs is 1. The minimum atomic E-state index is -4.92. The van der Waals surface area contributed by atoms with Crippen LogP contribution in [0.5, 0.6) is 11.5 Å². The van der Waals surface area contributed by atoms with E-state index in [-0.39, 0.29) is 42.0 Å². The summed E-state index contributed by atoms with van der Waals surface area (Å²) < 4.78 is 76.7. The Bertz CT molecular complexity index is 3470. The predicted octanol–water partition coefficient (Wildman–Crippen LogP) is 8.34. The standard InChI is InChI=1S/C57H65N8O14PSi/c1-36-31-64(55(69)63-52(36)67)46-30-43(66)44(76-46)33-75-80(70,74-29-15-28-58)78-48-45(32-73-57(38-18-13-10-14-19-38,39-20-24-41(71-5)25-21-39)40-22-26-42(72-6)27-23-40)77-54(49(48)79-81(7,8)56(2,3)4)65-35-61-47-50(59-34-60-51(47)65)62-53(68)37-16-11-9-12-17-37/h9-14,16-27,31,34-35,43-46,48-49,54,66H,15,29-30,32-33H2,1-8H3,(H,63,67,69)(H,59,60,62,68)/t43-,44+,45+,46+,48+,49+,54+,80?/m0/s1. The molecule has 1 unspecified atom stereocenters. The van der Waals surface area contributed by atoms with Crippen molar-refractivity contribution in [2.45, 2.75) is 107 Å². The van der Waals surface area contributed by atoms with Gasteiger partial charge in [0.05, 0.1) is 59.0 Å². The number of aliphatic hydroxyl groups excluding tert-OH is 1.